The highest BCUT2D eigenvalue weighted by Gasteiger charge is 2.38. The molecule has 1 atom stereocenters. The summed E-state index contributed by atoms with van der Waals surface area (Å²) >= 11 is 0. The molecule has 2 aliphatic rings. The minimum atomic E-state index is -0.289. The molecule has 0 saturated carbocycles. The molecule has 32 heavy (non-hydrogen) atoms. The summed E-state index contributed by atoms with van der Waals surface area (Å²) in [4.78, 5) is 40.1. The van der Waals surface area contributed by atoms with Gasteiger partial charge in [-0.2, -0.15) is 5.10 Å². The van der Waals surface area contributed by atoms with Crippen LogP contribution in [0, 0.1) is 12.8 Å². The van der Waals surface area contributed by atoms with Crippen molar-refractivity contribution in [3.05, 3.63) is 60.7 Å². The van der Waals surface area contributed by atoms with Crippen LogP contribution in [0.1, 0.15) is 12.1 Å². The number of carbonyl (C=O) groups excluding carboxylic acids is 2. The zero-order valence-corrected chi connectivity index (χ0v) is 18.0. The maximum absolute atomic E-state index is 13.1. The van der Waals surface area contributed by atoms with E-state index in [9.17, 15) is 9.59 Å². The number of benzene rings is 1. The molecular weight excluding hydrogens is 406 g/mol. The molecule has 9 heteroatoms. The largest absolute Gasteiger partial charge is 0.353 e. The Bertz CT molecular complexity index is 1120. The fourth-order valence-electron chi connectivity index (χ4n) is 4.32. The number of aromatic nitrogens is 4. The lowest BCUT2D eigenvalue weighted by atomic mass is 10.1. The summed E-state index contributed by atoms with van der Waals surface area (Å²) in [5, 5.41) is 4.40. The highest BCUT2D eigenvalue weighted by Crippen LogP contribution is 2.27. The second kappa shape index (κ2) is 8.41. The fourth-order valence-corrected chi connectivity index (χ4v) is 4.32. The quantitative estimate of drug-likeness (QED) is 0.625. The van der Waals surface area contributed by atoms with E-state index in [2.05, 4.69) is 20.0 Å². The number of nitrogens with zero attached hydrogens (tertiary/aromatic N) is 7. The number of anilines is 2. The topological polar surface area (TPSA) is 87.5 Å². The number of rotatable bonds is 4. The predicted octanol–water partition coefficient (Wildman–Crippen LogP) is 1.67. The molecule has 2 amide bonds. The molecule has 2 fully saturated rings. The molecule has 1 unspecified atom stereocenters. The molecular formula is C23H25N7O2. The third-order valence-corrected chi connectivity index (χ3v) is 6.05. The number of hydrogen-bond donors (Lipinski definition) is 0. The van der Waals surface area contributed by atoms with Crippen LogP contribution in [-0.4, -0.2) is 69.2 Å². The normalized spacial score (nSPS) is 19.0. The molecule has 0 bridgehead atoms. The van der Waals surface area contributed by atoms with Crippen molar-refractivity contribution >= 4 is 23.3 Å². The minimum Gasteiger partial charge on any atom is -0.353 e. The second-order valence-corrected chi connectivity index (χ2v) is 8.19. The number of piperazine rings is 1. The molecule has 4 heterocycles. The molecule has 164 valence electrons. The maximum atomic E-state index is 13.1. The van der Waals surface area contributed by atoms with E-state index < -0.39 is 0 Å². The summed E-state index contributed by atoms with van der Waals surface area (Å²) in [7, 11) is 0. The first kappa shape index (κ1) is 20.2. The molecule has 0 aliphatic carbocycles. The van der Waals surface area contributed by atoms with Crippen molar-refractivity contribution in [2.24, 2.45) is 5.92 Å². The van der Waals surface area contributed by atoms with Crippen LogP contribution in [0.5, 0.6) is 0 Å². The highest BCUT2D eigenvalue weighted by atomic mass is 16.2. The smallest absolute Gasteiger partial charge is 0.228 e. The van der Waals surface area contributed by atoms with Crippen molar-refractivity contribution in [2.75, 3.05) is 42.5 Å². The lowest BCUT2D eigenvalue weighted by molar-refractivity contribution is -0.136. The summed E-state index contributed by atoms with van der Waals surface area (Å²) in [6.07, 6.45) is 3.69. The first-order valence-electron chi connectivity index (χ1n) is 10.8. The van der Waals surface area contributed by atoms with E-state index in [-0.39, 0.29) is 24.2 Å². The van der Waals surface area contributed by atoms with Crippen LogP contribution in [0.4, 0.5) is 11.5 Å². The van der Waals surface area contributed by atoms with Crippen LogP contribution in [0.25, 0.3) is 5.82 Å². The van der Waals surface area contributed by atoms with E-state index in [1.165, 1.54) is 0 Å². The van der Waals surface area contributed by atoms with Crippen LogP contribution in [0.15, 0.2) is 55.0 Å². The van der Waals surface area contributed by atoms with Crippen molar-refractivity contribution in [1.29, 1.82) is 0 Å². The van der Waals surface area contributed by atoms with E-state index in [0.717, 1.165) is 17.2 Å². The number of carbonyl (C=O) groups is 2. The van der Waals surface area contributed by atoms with E-state index in [1.54, 1.807) is 15.9 Å². The first-order chi connectivity index (χ1) is 15.6. The van der Waals surface area contributed by atoms with Crippen molar-refractivity contribution in [2.45, 2.75) is 13.3 Å². The second-order valence-electron chi connectivity index (χ2n) is 8.19. The standard InChI is InChI=1S/C23H25N7O2/c1-17-7-8-30(26-17)21-14-20(24-16-25-21)27-9-11-28(12-10-27)23(32)18-13-22(31)29(15-18)19-5-3-2-4-6-19/h2-8,14,16,18H,9-13,15H2,1H3. The van der Waals surface area contributed by atoms with Crippen molar-refractivity contribution < 1.29 is 9.59 Å². The van der Waals surface area contributed by atoms with Gasteiger partial charge in [-0.05, 0) is 25.1 Å². The van der Waals surface area contributed by atoms with Crippen LogP contribution in [0.3, 0.4) is 0 Å². The summed E-state index contributed by atoms with van der Waals surface area (Å²) in [6, 6.07) is 13.4. The fraction of sp³-hybridized carbons (Fsp3) is 0.348. The molecule has 0 N–H and O–H groups in total. The Kier molecular flexibility index (Phi) is 5.30. The van der Waals surface area contributed by atoms with Gasteiger partial charge in [0.05, 0.1) is 11.6 Å². The minimum absolute atomic E-state index is 0.00978. The molecule has 3 aromatic rings. The third kappa shape index (κ3) is 3.93. The van der Waals surface area contributed by atoms with Gasteiger partial charge in [-0.3, -0.25) is 9.59 Å². The number of aryl methyl sites for hydroxylation is 1. The van der Waals surface area contributed by atoms with Gasteiger partial charge in [0.2, 0.25) is 11.8 Å². The first-order valence-corrected chi connectivity index (χ1v) is 10.8. The summed E-state index contributed by atoms with van der Waals surface area (Å²) < 4.78 is 1.73. The summed E-state index contributed by atoms with van der Waals surface area (Å²) in [5.41, 5.74) is 1.78. The molecule has 9 nitrogen and oxygen atoms in total. The van der Waals surface area contributed by atoms with Gasteiger partial charge in [0.15, 0.2) is 5.82 Å². The molecule has 0 radical (unpaired) electrons. The van der Waals surface area contributed by atoms with Crippen molar-refractivity contribution in [3.63, 3.8) is 0 Å². The Morgan fingerprint density at radius 3 is 2.47 bits per heavy atom. The predicted molar refractivity (Wildman–Crippen MR) is 120 cm³/mol. The summed E-state index contributed by atoms with van der Waals surface area (Å²) in [5.74, 6) is 1.32. The lowest BCUT2D eigenvalue weighted by Gasteiger charge is -2.36. The van der Waals surface area contributed by atoms with E-state index >= 15 is 0 Å². The van der Waals surface area contributed by atoms with Gasteiger partial charge in [0, 0.05) is 57.1 Å². The number of para-hydroxylation sites is 1. The highest BCUT2D eigenvalue weighted by molar-refractivity contribution is 6.00. The van der Waals surface area contributed by atoms with Crippen LogP contribution < -0.4 is 9.80 Å². The Morgan fingerprint density at radius 1 is 1.00 bits per heavy atom. The van der Waals surface area contributed by atoms with Gasteiger partial charge in [-0.15, -0.1) is 0 Å². The lowest BCUT2D eigenvalue weighted by Crippen LogP contribution is -2.51. The van der Waals surface area contributed by atoms with E-state index in [0.29, 0.717) is 38.5 Å². The third-order valence-electron chi connectivity index (χ3n) is 6.05. The zero-order chi connectivity index (χ0) is 22.1. The summed E-state index contributed by atoms with van der Waals surface area (Å²) in [6.45, 7) is 4.96. The molecule has 5 rings (SSSR count). The Morgan fingerprint density at radius 2 is 1.75 bits per heavy atom. The molecule has 2 aliphatic heterocycles. The van der Waals surface area contributed by atoms with Gasteiger partial charge in [0.25, 0.3) is 0 Å². The molecule has 1 aromatic carbocycles. The monoisotopic (exact) mass is 431 g/mol. The SMILES string of the molecule is Cc1ccn(-c2cc(N3CCN(C(=O)C4CC(=O)N(c5ccccc5)C4)CC3)ncn2)n1. The van der Waals surface area contributed by atoms with Crippen molar-refractivity contribution in [3.8, 4) is 5.82 Å². The van der Waals surface area contributed by atoms with E-state index in [4.69, 9.17) is 0 Å². The van der Waals surface area contributed by atoms with E-state index in [1.807, 2.05) is 60.5 Å². The molecule has 2 saturated heterocycles. The van der Waals surface area contributed by atoms with Gasteiger partial charge in [0.1, 0.15) is 12.1 Å². The Balaban J connectivity index is 1.21. The van der Waals surface area contributed by atoms with Gasteiger partial charge < -0.3 is 14.7 Å². The number of hydrogen-bond acceptors (Lipinski definition) is 6. The average molecular weight is 432 g/mol. The number of amides is 2. The molecule has 0 spiro atoms. The van der Waals surface area contributed by atoms with Crippen LogP contribution in [0.2, 0.25) is 0 Å². The van der Waals surface area contributed by atoms with Crippen molar-refractivity contribution in [1.82, 2.24) is 24.6 Å². The maximum Gasteiger partial charge on any atom is 0.228 e. The van der Waals surface area contributed by atoms with Gasteiger partial charge >= 0.3 is 0 Å². The average Bonchev–Trinajstić information content (AvgIpc) is 3.45. The Hall–Kier alpha value is -3.75. The van der Waals surface area contributed by atoms with Gasteiger partial charge in [-0.1, -0.05) is 18.2 Å². The van der Waals surface area contributed by atoms with Crippen LogP contribution in [-0.2, 0) is 9.59 Å². The van der Waals surface area contributed by atoms with Crippen LogP contribution >= 0.6 is 0 Å². The Labute approximate surface area is 186 Å². The zero-order valence-electron chi connectivity index (χ0n) is 18.0. The molecule has 2 aromatic heterocycles. The van der Waals surface area contributed by atoms with Gasteiger partial charge in [-0.25, -0.2) is 14.6 Å².